The third-order valence-corrected chi connectivity index (χ3v) is 3.49. The van der Waals surface area contributed by atoms with Gasteiger partial charge in [-0.1, -0.05) is 18.0 Å². The summed E-state index contributed by atoms with van der Waals surface area (Å²) in [6, 6.07) is 1.61. The second-order valence-corrected chi connectivity index (χ2v) is 4.86. The van der Waals surface area contributed by atoms with Gasteiger partial charge in [0.1, 0.15) is 11.7 Å². The number of nitrogens with zero attached hydrogens (tertiary/aromatic N) is 1. The smallest absolute Gasteiger partial charge is 0.318 e. The fourth-order valence-electron chi connectivity index (χ4n) is 2.56. The summed E-state index contributed by atoms with van der Waals surface area (Å²) in [6.07, 6.45) is 3.86. The average molecular weight is 266 g/mol. The summed E-state index contributed by atoms with van der Waals surface area (Å²) in [4.78, 5) is 24.0. The number of nitrogens with one attached hydrogen (secondary N) is 1. The summed E-state index contributed by atoms with van der Waals surface area (Å²) in [5, 5.41) is 6.30. The number of aromatic nitrogens is 1. The Morgan fingerprint density at radius 2 is 2.16 bits per heavy atom. The molecular weight excluding hydrogens is 248 g/mol. The largest absolute Gasteiger partial charge is 0.468 e. The van der Waals surface area contributed by atoms with Gasteiger partial charge in [0.25, 0.3) is 0 Å². The van der Waals surface area contributed by atoms with E-state index in [0.717, 1.165) is 25.7 Å². The molecule has 0 saturated heterocycles. The van der Waals surface area contributed by atoms with Gasteiger partial charge in [-0.3, -0.25) is 9.59 Å². The summed E-state index contributed by atoms with van der Waals surface area (Å²) < 4.78 is 9.62. The average Bonchev–Trinajstić information content (AvgIpc) is 3.01. The highest BCUT2D eigenvalue weighted by Crippen LogP contribution is 2.32. The molecule has 0 radical (unpaired) electrons. The summed E-state index contributed by atoms with van der Waals surface area (Å²) in [6.45, 7) is 1.73. The summed E-state index contributed by atoms with van der Waals surface area (Å²) >= 11 is 0. The minimum absolute atomic E-state index is 0.0560. The lowest BCUT2D eigenvalue weighted by Gasteiger charge is -2.19. The first kappa shape index (κ1) is 13.6. The molecule has 2 rings (SSSR count). The molecule has 1 fully saturated rings. The van der Waals surface area contributed by atoms with Crippen LogP contribution in [0, 0.1) is 18.8 Å². The van der Waals surface area contributed by atoms with Gasteiger partial charge in [-0.05, 0) is 25.7 Å². The number of ether oxygens (including phenoxy) is 1. The van der Waals surface area contributed by atoms with Crippen molar-refractivity contribution in [3.05, 3.63) is 11.8 Å². The van der Waals surface area contributed by atoms with Crippen LogP contribution in [0.15, 0.2) is 10.6 Å². The second-order valence-electron chi connectivity index (χ2n) is 4.86. The fraction of sp³-hybridized carbons (Fsp3) is 0.615. The molecule has 6 nitrogen and oxygen atoms in total. The molecule has 104 valence electrons. The number of methoxy groups -OCH3 is 1. The maximum atomic E-state index is 12.2. The van der Waals surface area contributed by atoms with E-state index in [1.54, 1.807) is 13.0 Å². The fourth-order valence-corrected chi connectivity index (χ4v) is 2.56. The molecule has 0 aliphatic heterocycles. The molecule has 1 aliphatic carbocycles. The lowest BCUT2D eigenvalue weighted by Crippen LogP contribution is -2.35. The molecule has 1 amide bonds. The molecular formula is C13H18N2O4. The Balaban J connectivity index is 2.08. The van der Waals surface area contributed by atoms with Crippen LogP contribution in [0.1, 0.15) is 31.4 Å². The topological polar surface area (TPSA) is 81.4 Å². The van der Waals surface area contributed by atoms with Gasteiger partial charge < -0.3 is 14.6 Å². The number of amides is 1. The van der Waals surface area contributed by atoms with Gasteiger partial charge in [0.05, 0.1) is 7.11 Å². The number of anilines is 1. The number of rotatable bonds is 4. The van der Waals surface area contributed by atoms with Crippen molar-refractivity contribution >= 4 is 17.7 Å². The van der Waals surface area contributed by atoms with Crippen molar-refractivity contribution in [1.29, 1.82) is 0 Å². The van der Waals surface area contributed by atoms with Crippen LogP contribution in [0.5, 0.6) is 0 Å². The van der Waals surface area contributed by atoms with E-state index in [2.05, 4.69) is 10.5 Å². The number of aryl methyl sites for hydroxylation is 1. The Labute approximate surface area is 111 Å². The number of hydrogen-bond donors (Lipinski definition) is 1. The molecule has 0 bridgehead atoms. The van der Waals surface area contributed by atoms with Gasteiger partial charge >= 0.3 is 5.97 Å². The van der Waals surface area contributed by atoms with Crippen LogP contribution in [0.3, 0.4) is 0 Å². The summed E-state index contributed by atoms with van der Waals surface area (Å²) in [7, 11) is 1.30. The molecule has 1 aliphatic rings. The number of hydrogen-bond acceptors (Lipinski definition) is 5. The van der Waals surface area contributed by atoms with Crippen molar-refractivity contribution in [2.45, 2.75) is 32.6 Å². The van der Waals surface area contributed by atoms with Crippen molar-refractivity contribution in [3.8, 4) is 0 Å². The van der Waals surface area contributed by atoms with E-state index in [0.29, 0.717) is 11.6 Å². The third-order valence-electron chi connectivity index (χ3n) is 3.49. The van der Waals surface area contributed by atoms with Gasteiger partial charge in [-0.25, -0.2) is 0 Å². The van der Waals surface area contributed by atoms with Crippen molar-refractivity contribution in [2.24, 2.45) is 11.8 Å². The Hall–Kier alpha value is -1.85. The van der Waals surface area contributed by atoms with Crippen molar-refractivity contribution < 1.29 is 18.8 Å². The Kier molecular flexibility index (Phi) is 4.19. The van der Waals surface area contributed by atoms with Gasteiger partial charge in [0.2, 0.25) is 5.91 Å². The first-order valence-electron chi connectivity index (χ1n) is 6.44. The number of carbonyl (C=O) groups excluding carboxylic acids is 2. The zero-order valence-electron chi connectivity index (χ0n) is 11.1. The maximum Gasteiger partial charge on any atom is 0.318 e. The Bertz CT molecular complexity index is 463. The van der Waals surface area contributed by atoms with E-state index in [4.69, 9.17) is 9.26 Å². The molecule has 6 heteroatoms. The molecule has 1 atom stereocenters. The van der Waals surface area contributed by atoms with Crippen LogP contribution < -0.4 is 5.32 Å². The van der Waals surface area contributed by atoms with Crippen LogP contribution in [0.2, 0.25) is 0 Å². The molecule has 0 spiro atoms. The highest BCUT2D eigenvalue weighted by Gasteiger charge is 2.37. The maximum absolute atomic E-state index is 12.2. The lowest BCUT2D eigenvalue weighted by molar-refractivity contribution is -0.150. The Morgan fingerprint density at radius 1 is 1.47 bits per heavy atom. The lowest BCUT2D eigenvalue weighted by atomic mass is 9.90. The van der Waals surface area contributed by atoms with E-state index < -0.39 is 11.9 Å². The minimum atomic E-state index is -0.760. The highest BCUT2D eigenvalue weighted by atomic mass is 16.5. The summed E-state index contributed by atoms with van der Waals surface area (Å²) in [5.41, 5.74) is 0. The minimum Gasteiger partial charge on any atom is -0.468 e. The highest BCUT2D eigenvalue weighted by molar-refractivity contribution is 6.04. The van der Waals surface area contributed by atoms with E-state index in [-0.39, 0.29) is 11.8 Å². The first-order valence-corrected chi connectivity index (χ1v) is 6.44. The third kappa shape index (κ3) is 3.13. The normalized spacial score (nSPS) is 17.2. The SMILES string of the molecule is COC(=O)[C@H](C(=O)Nc1cc(C)on1)C1CCCC1. The van der Waals surface area contributed by atoms with Crippen molar-refractivity contribution in [2.75, 3.05) is 12.4 Å². The van der Waals surface area contributed by atoms with Gasteiger partial charge in [-0.15, -0.1) is 0 Å². The van der Waals surface area contributed by atoms with Crippen LogP contribution >= 0.6 is 0 Å². The predicted octanol–water partition coefficient (Wildman–Crippen LogP) is 1.90. The molecule has 0 aromatic carbocycles. The zero-order chi connectivity index (χ0) is 13.8. The van der Waals surface area contributed by atoms with Gasteiger partial charge in [-0.2, -0.15) is 0 Å². The van der Waals surface area contributed by atoms with Crippen molar-refractivity contribution in [3.63, 3.8) is 0 Å². The van der Waals surface area contributed by atoms with Crippen LogP contribution in [-0.2, 0) is 14.3 Å². The standard InChI is InChI=1S/C13H18N2O4/c1-8-7-10(15-19-8)14-12(16)11(13(17)18-2)9-5-3-4-6-9/h7,9,11H,3-6H2,1-2H3,(H,14,15,16)/t11-/m0/s1. The number of carbonyl (C=O) groups is 2. The van der Waals surface area contributed by atoms with Gasteiger partial charge in [0, 0.05) is 6.07 Å². The Morgan fingerprint density at radius 3 is 2.68 bits per heavy atom. The molecule has 1 aromatic heterocycles. The number of esters is 1. The molecule has 1 saturated carbocycles. The first-order chi connectivity index (χ1) is 9.11. The second kappa shape index (κ2) is 5.86. The van der Waals surface area contributed by atoms with Gasteiger partial charge in [0.15, 0.2) is 5.82 Å². The molecule has 0 unspecified atom stereocenters. The van der Waals surface area contributed by atoms with E-state index in [9.17, 15) is 9.59 Å². The quantitative estimate of drug-likeness (QED) is 0.665. The van der Waals surface area contributed by atoms with Crippen LogP contribution in [0.4, 0.5) is 5.82 Å². The summed E-state index contributed by atoms with van der Waals surface area (Å²) in [5.74, 6) is -0.623. The van der Waals surface area contributed by atoms with E-state index in [1.807, 2.05) is 0 Å². The molecule has 1 aromatic rings. The van der Waals surface area contributed by atoms with Crippen molar-refractivity contribution in [1.82, 2.24) is 5.16 Å². The van der Waals surface area contributed by atoms with Crippen LogP contribution in [-0.4, -0.2) is 24.1 Å². The van der Waals surface area contributed by atoms with E-state index >= 15 is 0 Å². The molecule has 1 heterocycles. The predicted molar refractivity (Wildman–Crippen MR) is 67.3 cm³/mol. The zero-order valence-corrected chi connectivity index (χ0v) is 11.1. The monoisotopic (exact) mass is 266 g/mol. The molecule has 1 N–H and O–H groups in total. The van der Waals surface area contributed by atoms with E-state index in [1.165, 1.54) is 7.11 Å². The van der Waals surface area contributed by atoms with Crippen LogP contribution in [0.25, 0.3) is 0 Å². The molecule has 19 heavy (non-hydrogen) atoms.